The van der Waals surface area contributed by atoms with Crippen LogP contribution >= 0.6 is 22.9 Å². The molecular formula is C7H10ClNO2S2. The van der Waals surface area contributed by atoms with Gasteiger partial charge < -0.3 is 0 Å². The van der Waals surface area contributed by atoms with E-state index in [0.29, 0.717) is 4.34 Å². The number of hydrogen-bond acceptors (Lipinski definition) is 3. The molecule has 1 N–H and O–H groups in total. The van der Waals surface area contributed by atoms with Gasteiger partial charge in [-0.3, -0.25) is 0 Å². The van der Waals surface area contributed by atoms with Gasteiger partial charge in [-0.2, -0.15) is 0 Å². The Morgan fingerprint density at radius 2 is 2.15 bits per heavy atom. The Labute approximate surface area is 86.8 Å². The second kappa shape index (κ2) is 3.96. The SMILES string of the molecule is CNS(=O)(=O)C(C)c1ccc(Cl)s1. The Balaban J connectivity index is 2.98. The van der Waals surface area contributed by atoms with Crippen molar-refractivity contribution in [1.82, 2.24) is 4.72 Å². The Hall–Kier alpha value is -0.100. The van der Waals surface area contributed by atoms with Crippen LogP contribution in [0, 0.1) is 0 Å². The van der Waals surface area contributed by atoms with Gasteiger partial charge in [0.15, 0.2) is 0 Å². The lowest BCUT2D eigenvalue weighted by atomic mass is 10.4. The van der Waals surface area contributed by atoms with E-state index in [-0.39, 0.29) is 0 Å². The Kier molecular flexibility index (Phi) is 3.34. The predicted molar refractivity (Wildman–Crippen MR) is 55.7 cm³/mol. The van der Waals surface area contributed by atoms with Crippen LogP contribution in [0.15, 0.2) is 12.1 Å². The molecular weight excluding hydrogens is 230 g/mol. The van der Waals surface area contributed by atoms with Crippen LogP contribution in [0.3, 0.4) is 0 Å². The summed E-state index contributed by atoms with van der Waals surface area (Å²) in [5, 5.41) is -0.546. The van der Waals surface area contributed by atoms with Crippen molar-refractivity contribution >= 4 is 33.0 Å². The molecule has 0 aromatic carbocycles. The summed E-state index contributed by atoms with van der Waals surface area (Å²) < 4.78 is 25.6. The second-order valence-corrected chi connectivity index (χ2v) is 6.49. The molecule has 0 bridgehead atoms. The molecule has 1 aromatic rings. The van der Waals surface area contributed by atoms with E-state index >= 15 is 0 Å². The summed E-state index contributed by atoms with van der Waals surface area (Å²) >= 11 is 6.99. The molecule has 1 rings (SSSR count). The first-order chi connectivity index (χ1) is 5.97. The van der Waals surface area contributed by atoms with Crippen molar-refractivity contribution in [3.63, 3.8) is 0 Å². The van der Waals surface area contributed by atoms with Gasteiger partial charge in [0.1, 0.15) is 5.25 Å². The highest BCUT2D eigenvalue weighted by Crippen LogP contribution is 2.30. The van der Waals surface area contributed by atoms with Gasteiger partial charge in [0, 0.05) is 4.88 Å². The van der Waals surface area contributed by atoms with Crippen LogP contribution in [0.1, 0.15) is 17.1 Å². The topological polar surface area (TPSA) is 46.2 Å². The van der Waals surface area contributed by atoms with Gasteiger partial charge in [-0.15, -0.1) is 11.3 Å². The molecule has 1 aromatic heterocycles. The van der Waals surface area contributed by atoms with E-state index < -0.39 is 15.3 Å². The van der Waals surface area contributed by atoms with E-state index in [9.17, 15) is 8.42 Å². The maximum atomic E-state index is 11.4. The molecule has 0 radical (unpaired) electrons. The first-order valence-corrected chi connectivity index (χ1v) is 6.39. The van der Waals surface area contributed by atoms with Gasteiger partial charge in [0.05, 0.1) is 4.34 Å². The number of thiophene rings is 1. The van der Waals surface area contributed by atoms with Crippen molar-refractivity contribution in [2.24, 2.45) is 0 Å². The monoisotopic (exact) mass is 239 g/mol. The van der Waals surface area contributed by atoms with Gasteiger partial charge >= 0.3 is 0 Å². The Morgan fingerprint density at radius 1 is 1.54 bits per heavy atom. The molecule has 0 fully saturated rings. The highest BCUT2D eigenvalue weighted by atomic mass is 35.5. The van der Waals surface area contributed by atoms with Crippen LogP contribution in [0.2, 0.25) is 4.34 Å². The van der Waals surface area contributed by atoms with Crippen molar-refractivity contribution in [1.29, 1.82) is 0 Å². The smallest absolute Gasteiger partial charge is 0.218 e. The van der Waals surface area contributed by atoms with Gasteiger partial charge in [0.25, 0.3) is 0 Å². The summed E-state index contributed by atoms with van der Waals surface area (Å²) in [6.07, 6.45) is 0. The van der Waals surface area contributed by atoms with E-state index in [4.69, 9.17) is 11.6 Å². The maximum absolute atomic E-state index is 11.4. The minimum atomic E-state index is -3.24. The molecule has 0 aliphatic heterocycles. The standard InChI is InChI=1S/C7H10ClNO2S2/c1-5(13(10,11)9-2)6-3-4-7(8)12-6/h3-5,9H,1-2H3. The molecule has 13 heavy (non-hydrogen) atoms. The maximum Gasteiger partial charge on any atom is 0.218 e. The third-order valence-corrected chi connectivity index (χ3v) is 5.06. The van der Waals surface area contributed by atoms with Gasteiger partial charge in [-0.05, 0) is 26.1 Å². The third-order valence-electron chi connectivity index (χ3n) is 1.74. The van der Waals surface area contributed by atoms with E-state index in [0.717, 1.165) is 4.88 Å². The number of rotatable bonds is 3. The fourth-order valence-electron chi connectivity index (χ4n) is 0.876. The normalized spacial score (nSPS) is 14.4. The fourth-order valence-corrected chi connectivity index (χ4v) is 3.13. The highest BCUT2D eigenvalue weighted by molar-refractivity contribution is 7.89. The van der Waals surface area contributed by atoms with Crippen molar-refractivity contribution in [2.75, 3.05) is 7.05 Å². The minimum Gasteiger partial charge on any atom is -0.218 e. The molecule has 1 atom stereocenters. The fraction of sp³-hybridized carbons (Fsp3) is 0.429. The average molecular weight is 240 g/mol. The van der Waals surface area contributed by atoms with E-state index in [2.05, 4.69) is 4.72 Å². The first-order valence-electron chi connectivity index (χ1n) is 3.65. The molecule has 0 spiro atoms. The van der Waals surface area contributed by atoms with Crippen molar-refractivity contribution in [3.05, 3.63) is 21.3 Å². The quantitative estimate of drug-likeness (QED) is 0.877. The molecule has 0 saturated heterocycles. The van der Waals surface area contributed by atoms with Crippen molar-refractivity contribution in [2.45, 2.75) is 12.2 Å². The molecule has 0 saturated carbocycles. The number of sulfonamides is 1. The average Bonchev–Trinajstić information content (AvgIpc) is 2.50. The minimum absolute atomic E-state index is 0.546. The van der Waals surface area contributed by atoms with Crippen LogP contribution in [-0.2, 0) is 10.0 Å². The highest BCUT2D eigenvalue weighted by Gasteiger charge is 2.21. The van der Waals surface area contributed by atoms with Crippen LogP contribution < -0.4 is 4.72 Å². The second-order valence-electron chi connectivity index (χ2n) is 2.53. The van der Waals surface area contributed by atoms with Crippen LogP contribution in [-0.4, -0.2) is 15.5 Å². The molecule has 1 heterocycles. The lowest BCUT2D eigenvalue weighted by Crippen LogP contribution is -2.23. The van der Waals surface area contributed by atoms with Crippen molar-refractivity contribution in [3.8, 4) is 0 Å². The summed E-state index contributed by atoms with van der Waals surface area (Å²) in [4.78, 5) is 0.749. The summed E-state index contributed by atoms with van der Waals surface area (Å²) in [7, 11) is -1.83. The number of hydrogen-bond donors (Lipinski definition) is 1. The summed E-state index contributed by atoms with van der Waals surface area (Å²) in [6, 6.07) is 3.43. The van der Waals surface area contributed by atoms with E-state index in [1.54, 1.807) is 19.1 Å². The molecule has 6 heteroatoms. The first kappa shape index (κ1) is 11.0. The van der Waals surface area contributed by atoms with Gasteiger partial charge in [-0.1, -0.05) is 11.6 Å². The van der Waals surface area contributed by atoms with Crippen molar-refractivity contribution < 1.29 is 8.42 Å². The zero-order chi connectivity index (χ0) is 10.1. The lowest BCUT2D eigenvalue weighted by Gasteiger charge is -2.08. The number of nitrogens with one attached hydrogen (secondary N) is 1. The largest absolute Gasteiger partial charge is 0.218 e. The third kappa shape index (κ3) is 2.43. The predicted octanol–water partition coefficient (Wildman–Crippen LogP) is 2.01. The summed E-state index contributed by atoms with van der Waals surface area (Å²) in [5.41, 5.74) is 0. The molecule has 1 unspecified atom stereocenters. The van der Waals surface area contributed by atoms with Gasteiger partial charge in [0.2, 0.25) is 10.0 Å². The van der Waals surface area contributed by atoms with Crippen LogP contribution in [0.5, 0.6) is 0 Å². The Morgan fingerprint density at radius 3 is 2.54 bits per heavy atom. The van der Waals surface area contributed by atoms with Gasteiger partial charge in [-0.25, -0.2) is 13.1 Å². The summed E-state index contributed by atoms with van der Waals surface area (Å²) in [5.74, 6) is 0. The van der Waals surface area contributed by atoms with Crippen LogP contribution in [0.4, 0.5) is 0 Å². The van der Waals surface area contributed by atoms with E-state index in [1.807, 2.05) is 0 Å². The molecule has 3 nitrogen and oxygen atoms in total. The zero-order valence-corrected chi connectivity index (χ0v) is 9.63. The molecule has 74 valence electrons. The molecule has 0 amide bonds. The lowest BCUT2D eigenvalue weighted by molar-refractivity contribution is 0.579. The number of halogens is 1. The summed E-state index contributed by atoms with van der Waals surface area (Å²) in [6.45, 7) is 1.63. The molecule has 0 aliphatic carbocycles. The zero-order valence-electron chi connectivity index (χ0n) is 7.24. The molecule has 0 aliphatic rings. The van der Waals surface area contributed by atoms with E-state index in [1.165, 1.54) is 18.4 Å². The van der Waals surface area contributed by atoms with Crippen LogP contribution in [0.25, 0.3) is 0 Å². The Bertz CT molecular complexity index is 385.